The number of pyridine rings is 1. The molecule has 1 heterocycles. The molecule has 0 unspecified atom stereocenters. The summed E-state index contributed by atoms with van der Waals surface area (Å²) in [7, 11) is 0. The van der Waals surface area contributed by atoms with Gasteiger partial charge in [-0.05, 0) is 30.3 Å². The summed E-state index contributed by atoms with van der Waals surface area (Å²) in [5.41, 5.74) is -0.843. The van der Waals surface area contributed by atoms with Gasteiger partial charge >= 0.3 is 0 Å². The first-order chi connectivity index (χ1) is 12.4. The number of aromatic nitrogens is 1. The Morgan fingerprint density at radius 3 is 2.46 bits per heavy atom. The average Bonchev–Trinajstić information content (AvgIpc) is 2.58. The maximum absolute atomic E-state index is 13.7. The van der Waals surface area contributed by atoms with Gasteiger partial charge in [-0.1, -0.05) is 17.7 Å². The number of carbonyl (C=O) groups is 1. The zero-order chi connectivity index (χ0) is 18.7. The fourth-order valence-corrected chi connectivity index (χ4v) is 2.31. The number of benzene rings is 2. The third-order valence-electron chi connectivity index (χ3n) is 3.27. The summed E-state index contributed by atoms with van der Waals surface area (Å²) in [5, 5.41) is 2.47. The first-order valence-electron chi connectivity index (χ1n) is 7.28. The maximum Gasteiger partial charge on any atom is 0.261 e. The molecule has 8 heteroatoms. The molecule has 0 spiro atoms. The van der Waals surface area contributed by atoms with Gasteiger partial charge in [-0.2, -0.15) is 0 Å². The van der Waals surface area contributed by atoms with Crippen molar-refractivity contribution >= 4 is 23.2 Å². The lowest BCUT2D eigenvalue weighted by Crippen LogP contribution is -2.16. The number of ether oxygens (including phenoxy) is 1. The third kappa shape index (κ3) is 3.94. The van der Waals surface area contributed by atoms with Gasteiger partial charge in [-0.25, -0.2) is 18.2 Å². The minimum Gasteiger partial charge on any atom is -0.438 e. The van der Waals surface area contributed by atoms with Crippen molar-refractivity contribution in [1.29, 1.82) is 0 Å². The van der Waals surface area contributed by atoms with E-state index in [-0.39, 0.29) is 11.4 Å². The molecule has 2 aromatic carbocycles. The molecule has 0 saturated carbocycles. The molecule has 0 aliphatic heterocycles. The number of rotatable bonds is 4. The van der Waals surface area contributed by atoms with Gasteiger partial charge in [-0.15, -0.1) is 0 Å². The SMILES string of the molecule is O=C(Nc1c(F)cc(F)cc1F)c1cccnc1Oc1cccc(Cl)c1. The molecular weight excluding hydrogens is 369 g/mol. The van der Waals surface area contributed by atoms with Gasteiger partial charge < -0.3 is 10.1 Å². The minimum atomic E-state index is -1.24. The van der Waals surface area contributed by atoms with Crippen molar-refractivity contribution in [2.75, 3.05) is 5.32 Å². The smallest absolute Gasteiger partial charge is 0.261 e. The highest BCUT2D eigenvalue weighted by Crippen LogP contribution is 2.27. The van der Waals surface area contributed by atoms with Gasteiger partial charge in [0.2, 0.25) is 5.88 Å². The van der Waals surface area contributed by atoms with Gasteiger partial charge in [0.1, 0.15) is 22.8 Å². The van der Waals surface area contributed by atoms with Crippen molar-refractivity contribution in [2.24, 2.45) is 0 Å². The Morgan fingerprint density at radius 1 is 1.04 bits per heavy atom. The molecule has 0 radical (unpaired) electrons. The number of hydrogen-bond donors (Lipinski definition) is 1. The Hall–Kier alpha value is -3.06. The van der Waals surface area contributed by atoms with Crippen molar-refractivity contribution < 1.29 is 22.7 Å². The van der Waals surface area contributed by atoms with Crippen LogP contribution in [0.15, 0.2) is 54.7 Å². The first-order valence-corrected chi connectivity index (χ1v) is 7.66. The van der Waals surface area contributed by atoms with Crippen LogP contribution in [0.4, 0.5) is 18.9 Å². The largest absolute Gasteiger partial charge is 0.438 e. The number of nitrogens with one attached hydrogen (secondary N) is 1. The predicted octanol–water partition coefficient (Wildman–Crippen LogP) is 5.20. The van der Waals surface area contributed by atoms with Crippen molar-refractivity contribution in [1.82, 2.24) is 4.98 Å². The molecule has 0 bridgehead atoms. The van der Waals surface area contributed by atoms with Crippen LogP contribution in [-0.2, 0) is 0 Å². The molecule has 0 atom stereocenters. The van der Waals surface area contributed by atoms with Crippen LogP contribution in [-0.4, -0.2) is 10.9 Å². The molecule has 0 saturated heterocycles. The summed E-state index contributed by atoms with van der Waals surface area (Å²) < 4.78 is 45.9. The summed E-state index contributed by atoms with van der Waals surface area (Å²) in [6.45, 7) is 0. The molecule has 1 aromatic heterocycles. The van der Waals surface area contributed by atoms with Crippen LogP contribution < -0.4 is 10.1 Å². The number of hydrogen-bond acceptors (Lipinski definition) is 3. The van der Waals surface area contributed by atoms with Crippen LogP contribution in [0.3, 0.4) is 0 Å². The number of amides is 1. The summed E-state index contributed by atoms with van der Waals surface area (Å²) >= 11 is 5.87. The van der Waals surface area contributed by atoms with Crippen LogP contribution in [0.25, 0.3) is 0 Å². The first kappa shape index (κ1) is 17.8. The summed E-state index contributed by atoms with van der Waals surface area (Å²) in [4.78, 5) is 16.3. The second-order valence-corrected chi connectivity index (χ2v) is 5.55. The van der Waals surface area contributed by atoms with E-state index in [1.54, 1.807) is 18.2 Å². The van der Waals surface area contributed by atoms with Gasteiger partial charge in [-0.3, -0.25) is 4.79 Å². The zero-order valence-corrected chi connectivity index (χ0v) is 13.7. The zero-order valence-electron chi connectivity index (χ0n) is 13.0. The second-order valence-electron chi connectivity index (χ2n) is 5.11. The Kier molecular flexibility index (Phi) is 5.09. The Bertz CT molecular complexity index is 959. The van der Waals surface area contributed by atoms with Crippen LogP contribution in [0, 0.1) is 17.5 Å². The van der Waals surface area contributed by atoms with E-state index < -0.39 is 29.0 Å². The van der Waals surface area contributed by atoms with E-state index in [2.05, 4.69) is 10.3 Å². The average molecular weight is 379 g/mol. The fourth-order valence-electron chi connectivity index (χ4n) is 2.13. The second kappa shape index (κ2) is 7.45. The van der Waals surface area contributed by atoms with E-state index in [4.69, 9.17) is 16.3 Å². The van der Waals surface area contributed by atoms with E-state index in [0.29, 0.717) is 22.9 Å². The maximum atomic E-state index is 13.7. The summed E-state index contributed by atoms with van der Waals surface area (Å²) in [6, 6.07) is 10.1. The number of nitrogens with zero attached hydrogens (tertiary/aromatic N) is 1. The Labute approximate surface area is 151 Å². The van der Waals surface area contributed by atoms with E-state index in [0.717, 1.165) is 0 Å². The predicted molar refractivity (Wildman–Crippen MR) is 90.0 cm³/mol. The molecular formula is C18H10ClF3N2O2. The van der Waals surface area contributed by atoms with Gasteiger partial charge in [0.05, 0.1) is 0 Å². The van der Waals surface area contributed by atoms with Crippen molar-refractivity contribution in [3.63, 3.8) is 0 Å². The molecule has 0 aliphatic carbocycles. The molecule has 26 heavy (non-hydrogen) atoms. The van der Waals surface area contributed by atoms with Crippen molar-refractivity contribution in [2.45, 2.75) is 0 Å². The standard InChI is InChI=1S/C18H10ClF3N2O2/c19-10-3-1-4-12(7-10)26-18-13(5-2-6-23-18)17(25)24-16-14(21)8-11(20)9-15(16)22/h1-9H,(H,24,25). The van der Waals surface area contributed by atoms with Crippen molar-refractivity contribution in [3.05, 3.63) is 82.8 Å². The van der Waals surface area contributed by atoms with Crippen LogP contribution in [0.5, 0.6) is 11.6 Å². The Morgan fingerprint density at radius 2 is 1.77 bits per heavy atom. The summed E-state index contributed by atoms with van der Waals surface area (Å²) in [5.74, 6) is -4.21. The lowest BCUT2D eigenvalue weighted by molar-refractivity contribution is 0.102. The molecule has 132 valence electrons. The number of anilines is 1. The van der Waals surface area contributed by atoms with E-state index >= 15 is 0 Å². The van der Waals surface area contributed by atoms with E-state index in [1.807, 2.05) is 0 Å². The molecule has 1 amide bonds. The van der Waals surface area contributed by atoms with Gasteiger partial charge in [0, 0.05) is 23.4 Å². The molecule has 0 aliphatic rings. The fraction of sp³-hybridized carbons (Fsp3) is 0. The van der Waals surface area contributed by atoms with Crippen LogP contribution >= 0.6 is 11.6 Å². The number of carbonyl (C=O) groups excluding carboxylic acids is 1. The molecule has 3 rings (SSSR count). The molecule has 3 aromatic rings. The monoisotopic (exact) mass is 378 g/mol. The molecule has 1 N–H and O–H groups in total. The Balaban J connectivity index is 1.89. The minimum absolute atomic E-state index is 0.0735. The number of halogens is 4. The highest BCUT2D eigenvalue weighted by molar-refractivity contribution is 6.30. The van der Waals surface area contributed by atoms with Crippen LogP contribution in [0.1, 0.15) is 10.4 Å². The van der Waals surface area contributed by atoms with Gasteiger partial charge in [0.15, 0.2) is 11.6 Å². The topological polar surface area (TPSA) is 51.2 Å². The lowest BCUT2D eigenvalue weighted by Gasteiger charge is -2.11. The molecule has 0 fully saturated rings. The summed E-state index contributed by atoms with van der Waals surface area (Å²) in [6.07, 6.45) is 1.38. The lowest BCUT2D eigenvalue weighted by atomic mass is 10.2. The van der Waals surface area contributed by atoms with Gasteiger partial charge in [0.25, 0.3) is 5.91 Å². The third-order valence-corrected chi connectivity index (χ3v) is 3.51. The highest BCUT2D eigenvalue weighted by Gasteiger charge is 2.19. The van der Waals surface area contributed by atoms with E-state index in [9.17, 15) is 18.0 Å². The normalized spacial score (nSPS) is 10.5. The molecule has 4 nitrogen and oxygen atoms in total. The highest BCUT2D eigenvalue weighted by atomic mass is 35.5. The quantitative estimate of drug-likeness (QED) is 0.679. The van der Waals surface area contributed by atoms with Crippen molar-refractivity contribution in [3.8, 4) is 11.6 Å². The van der Waals surface area contributed by atoms with E-state index in [1.165, 1.54) is 24.4 Å². The van der Waals surface area contributed by atoms with Crippen LogP contribution in [0.2, 0.25) is 5.02 Å².